The molecular formula is C12H15NO3. The zero-order chi connectivity index (χ0) is 11.8. The Kier molecular flexibility index (Phi) is 5.05. The molecule has 0 bridgehead atoms. The smallest absolute Gasteiger partial charge is 0.335 e. The SMILES string of the molecule is CCCC(=O)O/N=C\c1ccccc1OC. The summed E-state index contributed by atoms with van der Waals surface area (Å²) in [4.78, 5) is 15.7. The summed E-state index contributed by atoms with van der Waals surface area (Å²) >= 11 is 0. The van der Waals surface area contributed by atoms with E-state index in [0.717, 1.165) is 12.0 Å². The van der Waals surface area contributed by atoms with Crippen LogP contribution in [0.4, 0.5) is 0 Å². The van der Waals surface area contributed by atoms with Crippen LogP contribution >= 0.6 is 0 Å². The molecule has 0 atom stereocenters. The van der Waals surface area contributed by atoms with Gasteiger partial charge in [-0.05, 0) is 18.6 Å². The number of hydrogen-bond donors (Lipinski definition) is 0. The van der Waals surface area contributed by atoms with E-state index in [1.807, 2.05) is 31.2 Å². The lowest BCUT2D eigenvalue weighted by Crippen LogP contribution is -1.99. The van der Waals surface area contributed by atoms with Gasteiger partial charge in [0.15, 0.2) is 0 Å². The second-order valence-electron chi connectivity index (χ2n) is 3.19. The number of hydrogen-bond acceptors (Lipinski definition) is 4. The number of carbonyl (C=O) groups excluding carboxylic acids is 1. The second-order valence-corrected chi connectivity index (χ2v) is 3.19. The Morgan fingerprint density at radius 3 is 2.88 bits per heavy atom. The molecule has 16 heavy (non-hydrogen) atoms. The molecule has 0 fully saturated rings. The molecule has 0 aliphatic heterocycles. The van der Waals surface area contributed by atoms with Crippen molar-refractivity contribution in [2.75, 3.05) is 7.11 Å². The monoisotopic (exact) mass is 221 g/mol. The van der Waals surface area contributed by atoms with Gasteiger partial charge in [0.25, 0.3) is 0 Å². The lowest BCUT2D eigenvalue weighted by Gasteiger charge is -2.02. The number of benzene rings is 1. The van der Waals surface area contributed by atoms with Crippen LogP contribution in [-0.4, -0.2) is 19.3 Å². The summed E-state index contributed by atoms with van der Waals surface area (Å²) in [5.74, 6) is 0.367. The average Bonchev–Trinajstić information content (AvgIpc) is 2.30. The molecule has 0 aromatic heterocycles. The predicted molar refractivity (Wildman–Crippen MR) is 61.6 cm³/mol. The topological polar surface area (TPSA) is 47.9 Å². The van der Waals surface area contributed by atoms with Gasteiger partial charge in [0.2, 0.25) is 0 Å². The van der Waals surface area contributed by atoms with Crippen LogP contribution in [0, 0.1) is 0 Å². The molecule has 0 amide bonds. The largest absolute Gasteiger partial charge is 0.496 e. The molecule has 86 valence electrons. The second kappa shape index (κ2) is 6.61. The maximum Gasteiger partial charge on any atom is 0.335 e. The minimum Gasteiger partial charge on any atom is -0.496 e. The van der Waals surface area contributed by atoms with Gasteiger partial charge in [-0.3, -0.25) is 0 Å². The lowest BCUT2D eigenvalue weighted by molar-refractivity contribution is -0.143. The van der Waals surface area contributed by atoms with Crippen LogP contribution in [0.3, 0.4) is 0 Å². The highest BCUT2D eigenvalue weighted by atomic mass is 16.7. The molecule has 0 unspecified atom stereocenters. The molecule has 4 heteroatoms. The summed E-state index contributed by atoms with van der Waals surface area (Å²) in [6.45, 7) is 1.91. The van der Waals surface area contributed by atoms with E-state index in [-0.39, 0.29) is 5.97 Å². The Balaban J connectivity index is 2.58. The molecule has 0 aliphatic rings. The van der Waals surface area contributed by atoms with Gasteiger partial charge in [0.05, 0.1) is 13.3 Å². The highest BCUT2D eigenvalue weighted by Crippen LogP contribution is 2.14. The molecule has 1 aromatic rings. The van der Waals surface area contributed by atoms with Gasteiger partial charge in [-0.1, -0.05) is 24.2 Å². The summed E-state index contributed by atoms with van der Waals surface area (Å²) in [5.41, 5.74) is 0.772. The Morgan fingerprint density at radius 1 is 1.44 bits per heavy atom. The van der Waals surface area contributed by atoms with Crippen molar-refractivity contribution < 1.29 is 14.4 Å². The van der Waals surface area contributed by atoms with Crippen molar-refractivity contribution in [1.82, 2.24) is 0 Å². The summed E-state index contributed by atoms with van der Waals surface area (Å²) in [6.07, 6.45) is 2.60. The number of para-hydroxylation sites is 1. The van der Waals surface area contributed by atoms with Crippen molar-refractivity contribution >= 4 is 12.2 Å². The van der Waals surface area contributed by atoms with Crippen molar-refractivity contribution in [1.29, 1.82) is 0 Å². The molecule has 0 heterocycles. The first-order valence-corrected chi connectivity index (χ1v) is 5.14. The molecule has 0 radical (unpaired) electrons. The third-order valence-corrected chi connectivity index (χ3v) is 1.94. The van der Waals surface area contributed by atoms with Crippen LogP contribution in [0.2, 0.25) is 0 Å². The number of ether oxygens (including phenoxy) is 1. The zero-order valence-electron chi connectivity index (χ0n) is 9.47. The quantitative estimate of drug-likeness (QED) is 0.435. The minimum atomic E-state index is -0.325. The standard InChI is InChI=1S/C12H15NO3/c1-3-6-12(14)16-13-9-10-7-4-5-8-11(10)15-2/h4-5,7-9H,3,6H2,1-2H3/b13-9-. The number of rotatable bonds is 5. The third-order valence-electron chi connectivity index (χ3n) is 1.94. The van der Waals surface area contributed by atoms with Crippen LogP contribution in [0.1, 0.15) is 25.3 Å². The molecule has 0 saturated carbocycles. The lowest BCUT2D eigenvalue weighted by atomic mass is 10.2. The van der Waals surface area contributed by atoms with E-state index in [4.69, 9.17) is 4.74 Å². The Bertz CT molecular complexity index is 374. The molecule has 1 rings (SSSR count). The molecular weight excluding hydrogens is 206 g/mol. The van der Waals surface area contributed by atoms with Gasteiger partial charge in [-0.15, -0.1) is 0 Å². The van der Waals surface area contributed by atoms with E-state index in [1.165, 1.54) is 6.21 Å². The first kappa shape index (κ1) is 12.2. The number of oxime groups is 1. The summed E-state index contributed by atoms with van der Waals surface area (Å²) in [5, 5.41) is 3.61. The van der Waals surface area contributed by atoms with Crippen LogP contribution in [0.15, 0.2) is 29.4 Å². The predicted octanol–water partition coefficient (Wildman–Crippen LogP) is 2.37. The summed E-state index contributed by atoms with van der Waals surface area (Å²) in [6, 6.07) is 7.36. The number of nitrogens with zero attached hydrogens (tertiary/aromatic N) is 1. The maximum atomic E-state index is 11.0. The molecule has 4 nitrogen and oxygen atoms in total. The fraction of sp³-hybridized carbons (Fsp3) is 0.333. The first-order chi connectivity index (χ1) is 7.77. The highest BCUT2D eigenvalue weighted by molar-refractivity contribution is 5.83. The Hall–Kier alpha value is -1.84. The molecule has 0 N–H and O–H groups in total. The zero-order valence-corrected chi connectivity index (χ0v) is 9.47. The van der Waals surface area contributed by atoms with Crippen molar-refractivity contribution in [3.63, 3.8) is 0 Å². The Labute approximate surface area is 94.9 Å². The molecule has 0 spiro atoms. The number of methoxy groups -OCH3 is 1. The van der Waals surface area contributed by atoms with Gasteiger partial charge >= 0.3 is 5.97 Å². The van der Waals surface area contributed by atoms with Crippen LogP contribution in [0.5, 0.6) is 5.75 Å². The van der Waals surface area contributed by atoms with Crippen LogP contribution < -0.4 is 4.74 Å². The van der Waals surface area contributed by atoms with Crippen molar-refractivity contribution in [2.24, 2.45) is 5.16 Å². The van der Waals surface area contributed by atoms with E-state index in [0.29, 0.717) is 12.2 Å². The highest BCUT2D eigenvalue weighted by Gasteiger charge is 2.00. The molecule has 1 aromatic carbocycles. The summed E-state index contributed by atoms with van der Waals surface area (Å²) < 4.78 is 5.12. The van der Waals surface area contributed by atoms with Crippen molar-refractivity contribution in [3.8, 4) is 5.75 Å². The van der Waals surface area contributed by atoms with E-state index in [1.54, 1.807) is 7.11 Å². The van der Waals surface area contributed by atoms with E-state index < -0.39 is 0 Å². The minimum absolute atomic E-state index is 0.325. The first-order valence-electron chi connectivity index (χ1n) is 5.14. The van der Waals surface area contributed by atoms with Crippen molar-refractivity contribution in [2.45, 2.75) is 19.8 Å². The maximum absolute atomic E-state index is 11.0. The third kappa shape index (κ3) is 3.73. The fourth-order valence-corrected chi connectivity index (χ4v) is 1.16. The van der Waals surface area contributed by atoms with E-state index in [2.05, 4.69) is 9.99 Å². The van der Waals surface area contributed by atoms with Gasteiger partial charge in [-0.25, -0.2) is 4.79 Å². The van der Waals surface area contributed by atoms with E-state index in [9.17, 15) is 4.79 Å². The van der Waals surface area contributed by atoms with Crippen LogP contribution in [0.25, 0.3) is 0 Å². The average molecular weight is 221 g/mol. The number of carbonyl (C=O) groups is 1. The molecule has 0 saturated heterocycles. The Morgan fingerprint density at radius 2 is 2.19 bits per heavy atom. The van der Waals surface area contributed by atoms with Gasteiger partial charge in [0, 0.05) is 12.0 Å². The fourth-order valence-electron chi connectivity index (χ4n) is 1.16. The summed E-state index contributed by atoms with van der Waals surface area (Å²) in [7, 11) is 1.58. The van der Waals surface area contributed by atoms with Gasteiger partial charge in [0.1, 0.15) is 5.75 Å². The van der Waals surface area contributed by atoms with Gasteiger partial charge < -0.3 is 9.57 Å². The molecule has 0 aliphatic carbocycles. The van der Waals surface area contributed by atoms with Gasteiger partial charge in [-0.2, -0.15) is 0 Å². The normalized spacial score (nSPS) is 10.4. The van der Waals surface area contributed by atoms with Crippen LogP contribution in [-0.2, 0) is 9.63 Å². The van der Waals surface area contributed by atoms with Crippen molar-refractivity contribution in [3.05, 3.63) is 29.8 Å². The van der Waals surface area contributed by atoms with E-state index >= 15 is 0 Å².